The molecule has 0 radical (unpaired) electrons. The van der Waals surface area contributed by atoms with Gasteiger partial charge in [-0.25, -0.2) is 14.6 Å². The van der Waals surface area contributed by atoms with Crippen LogP contribution in [0.2, 0.25) is 0 Å². The van der Waals surface area contributed by atoms with Crippen molar-refractivity contribution in [2.45, 2.75) is 19.9 Å². The Morgan fingerprint density at radius 1 is 1.03 bits per heavy atom. The van der Waals surface area contributed by atoms with Gasteiger partial charge >= 0.3 is 0 Å². The van der Waals surface area contributed by atoms with Crippen LogP contribution in [0.25, 0.3) is 22.6 Å². The van der Waals surface area contributed by atoms with Crippen LogP contribution in [0.1, 0.15) is 23.9 Å². The van der Waals surface area contributed by atoms with Gasteiger partial charge in [0, 0.05) is 11.3 Å². The fourth-order valence-corrected chi connectivity index (χ4v) is 3.15. The molecule has 0 aliphatic heterocycles. The van der Waals surface area contributed by atoms with Crippen LogP contribution in [-0.2, 0) is 13.0 Å². The second-order valence-corrected chi connectivity index (χ2v) is 6.83. The molecule has 0 atom stereocenters. The van der Waals surface area contributed by atoms with Crippen molar-refractivity contribution in [2.24, 2.45) is 0 Å². The number of nitriles is 1. The second-order valence-electron chi connectivity index (χ2n) is 6.83. The highest BCUT2D eigenvalue weighted by molar-refractivity contribution is 5.69. The number of nitrogens with zero attached hydrogens (tertiary/aromatic N) is 7. The molecule has 31 heavy (non-hydrogen) atoms. The largest absolute Gasteiger partial charge is 0.497 e. The number of ether oxygens (including phenoxy) is 1. The van der Waals surface area contributed by atoms with Crippen molar-refractivity contribution < 1.29 is 4.74 Å². The molecule has 4 aromatic rings. The van der Waals surface area contributed by atoms with Crippen molar-refractivity contribution in [3.8, 4) is 34.5 Å². The summed E-state index contributed by atoms with van der Waals surface area (Å²) in [6.07, 6.45) is 2.66. The summed E-state index contributed by atoms with van der Waals surface area (Å²) in [5.74, 6) is 0.654. The first kappa shape index (κ1) is 20.0. The van der Waals surface area contributed by atoms with Gasteiger partial charge in [-0.1, -0.05) is 18.2 Å². The molecular formula is C22H20N8O. The lowest BCUT2D eigenvalue weighted by Gasteiger charge is -2.07. The van der Waals surface area contributed by atoms with Crippen LogP contribution >= 0.6 is 0 Å². The van der Waals surface area contributed by atoms with E-state index in [-0.39, 0.29) is 5.95 Å². The van der Waals surface area contributed by atoms with Gasteiger partial charge in [0.05, 0.1) is 48.6 Å². The smallest absolute Gasteiger partial charge is 0.221 e. The maximum absolute atomic E-state index is 9.28. The average molecular weight is 412 g/mol. The molecule has 0 aliphatic rings. The zero-order valence-corrected chi connectivity index (χ0v) is 17.1. The topological polar surface area (TPSA) is 128 Å². The van der Waals surface area contributed by atoms with Crippen molar-refractivity contribution in [3.63, 3.8) is 0 Å². The molecule has 0 aliphatic carbocycles. The Hall–Kier alpha value is -4.32. The molecule has 0 unspecified atom stereocenters. The molecule has 9 heteroatoms. The lowest BCUT2D eigenvalue weighted by Crippen LogP contribution is -2.03. The van der Waals surface area contributed by atoms with Crippen molar-refractivity contribution in [2.75, 3.05) is 12.8 Å². The van der Waals surface area contributed by atoms with Gasteiger partial charge < -0.3 is 10.5 Å². The van der Waals surface area contributed by atoms with Gasteiger partial charge in [0.1, 0.15) is 11.4 Å². The minimum Gasteiger partial charge on any atom is -0.497 e. The Kier molecular flexibility index (Phi) is 5.53. The number of hydrogen-bond acceptors (Lipinski definition) is 8. The van der Waals surface area contributed by atoms with Crippen LogP contribution in [0, 0.1) is 11.3 Å². The molecule has 0 spiro atoms. The summed E-state index contributed by atoms with van der Waals surface area (Å²) in [4.78, 5) is 13.2. The van der Waals surface area contributed by atoms with E-state index in [0.717, 1.165) is 17.8 Å². The molecule has 4 rings (SSSR count). The van der Waals surface area contributed by atoms with E-state index in [4.69, 9.17) is 10.5 Å². The third kappa shape index (κ3) is 4.48. The molecule has 0 saturated heterocycles. The highest BCUT2D eigenvalue weighted by Crippen LogP contribution is 2.27. The number of methoxy groups -OCH3 is 1. The summed E-state index contributed by atoms with van der Waals surface area (Å²) in [6.45, 7) is 2.56. The molecule has 1 aromatic carbocycles. The molecule has 9 nitrogen and oxygen atoms in total. The predicted octanol–water partition coefficient (Wildman–Crippen LogP) is 2.87. The number of hydrogen-bond donors (Lipinski definition) is 1. The third-order valence-corrected chi connectivity index (χ3v) is 4.66. The number of pyridine rings is 1. The van der Waals surface area contributed by atoms with Crippen molar-refractivity contribution >= 4 is 5.95 Å². The molecule has 2 N–H and O–H groups in total. The molecule has 0 amide bonds. The van der Waals surface area contributed by atoms with E-state index < -0.39 is 0 Å². The van der Waals surface area contributed by atoms with Gasteiger partial charge in [0.2, 0.25) is 5.95 Å². The van der Waals surface area contributed by atoms with Gasteiger partial charge in [-0.3, -0.25) is 4.98 Å². The van der Waals surface area contributed by atoms with E-state index in [2.05, 4.69) is 38.3 Å². The number of benzene rings is 1. The lowest BCUT2D eigenvalue weighted by atomic mass is 10.1. The Morgan fingerprint density at radius 2 is 1.84 bits per heavy atom. The van der Waals surface area contributed by atoms with E-state index in [1.807, 2.05) is 18.2 Å². The monoisotopic (exact) mass is 412 g/mol. The van der Waals surface area contributed by atoms with Crippen LogP contribution in [0.5, 0.6) is 5.75 Å². The standard InChI is InChI=1S/C22H20N8O/c1-3-16-5-4-6-17(25-16)12-30-13-21(28-29-30)20-10-19(26-22(24)27-20)15-7-14(11-23)8-18(9-15)31-2/h4-10,13H,3,12H2,1-2H3,(H2,24,26,27). The third-order valence-electron chi connectivity index (χ3n) is 4.66. The number of aryl methyl sites for hydroxylation is 1. The highest BCUT2D eigenvalue weighted by atomic mass is 16.5. The SMILES string of the molecule is CCc1cccc(Cn2cc(-c3cc(-c4cc(C#N)cc(OC)c4)nc(N)n3)nn2)n1. The molecule has 3 heterocycles. The lowest BCUT2D eigenvalue weighted by molar-refractivity contribution is 0.415. The number of nitrogens with two attached hydrogens (primary N) is 1. The number of rotatable bonds is 6. The van der Waals surface area contributed by atoms with E-state index in [1.54, 1.807) is 42.3 Å². The van der Waals surface area contributed by atoms with Gasteiger partial charge in [-0.15, -0.1) is 5.10 Å². The minimum atomic E-state index is 0.0979. The number of nitrogen functional groups attached to an aromatic ring is 1. The van der Waals surface area contributed by atoms with Gasteiger partial charge in [0.15, 0.2) is 0 Å². The van der Waals surface area contributed by atoms with Crippen molar-refractivity contribution in [1.29, 1.82) is 5.26 Å². The van der Waals surface area contributed by atoms with Crippen LogP contribution in [0.3, 0.4) is 0 Å². The summed E-state index contributed by atoms with van der Waals surface area (Å²) in [7, 11) is 1.55. The molecule has 0 saturated carbocycles. The number of anilines is 1. The van der Waals surface area contributed by atoms with Gasteiger partial charge in [0.25, 0.3) is 0 Å². The first-order chi connectivity index (χ1) is 15.1. The fraction of sp³-hybridized carbons (Fsp3) is 0.182. The predicted molar refractivity (Wildman–Crippen MR) is 115 cm³/mol. The summed E-state index contributed by atoms with van der Waals surface area (Å²) in [5, 5.41) is 17.7. The normalized spacial score (nSPS) is 10.6. The Labute approximate surface area is 179 Å². The molecule has 3 aromatic heterocycles. The summed E-state index contributed by atoms with van der Waals surface area (Å²) in [6, 6.07) is 15.0. The molecule has 0 bridgehead atoms. The molecule has 0 fully saturated rings. The zero-order chi connectivity index (χ0) is 21.8. The summed E-state index contributed by atoms with van der Waals surface area (Å²) >= 11 is 0. The van der Waals surface area contributed by atoms with Crippen LogP contribution < -0.4 is 10.5 Å². The van der Waals surface area contributed by atoms with Crippen LogP contribution in [-0.4, -0.2) is 37.1 Å². The van der Waals surface area contributed by atoms with Crippen molar-refractivity contribution in [1.82, 2.24) is 29.9 Å². The quantitative estimate of drug-likeness (QED) is 0.512. The summed E-state index contributed by atoms with van der Waals surface area (Å²) in [5.41, 5.74) is 10.7. The van der Waals surface area contributed by atoms with Gasteiger partial charge in [-0.05, 0) is 42.8 Å². The van der Waals surface area contributed by atoms with E-state index >= 15 is 0 Å². The zero-order valence-electron chi connectivity index (χ0n) is 17.1. The minimum absolute atomic E-state index is 0.0979. The average Bonchev–Trinajstić information content (AvgIpc) is 3.27. The van der Waals surface area contributed by atoms with Gasteiger partial charge in [-0.2, -0.15) is 5.26 Å². The fourth-order valence-electron chi connectivity index (χ4n) is 3.15. The van der Waals surface area contributed by atoms with Crippen LogP contribution in [0.4, 0.5) is 5.95 Å². The number of aromatic nitrogens is 6. The Morgan fingerprint density at radius 3 is 2.61 bits per heavy atom. The second kappa shape index (κ2) is 8.59. The first-order valence-electron chi connectivity index (χ1n) is 9.67. The first-order valence-corrected chi connectivity index (χ1v) is 9.67. The molecule has 154 valence electrons. The van der Waals surface area contributed by atoms with E-state index in [9.17, 15) is 5.26 Å². The Balaban J connectivity index is 1.66. The maximum Gasteiger partial charge on any atom is 0.221 e. The molecular weight excluding hydrogens is 392 g/mol. The van der Waals surface area contributed by atoms with Crippen molar-refractivity contribution in [3.05, 3.63) is 65.6 Å². The van der Waals surface area contributed by atoms with Crippen LogP contribution in [0.15, 0.2) is 48.7 Å². The Bertz CT molecular complexity index is 1270. The van der Waals surface area contributed by atoms with E-state index in [1.165, 1.54) is 0 Å². The maximum atomic E-state index is 9.28. The highest BCUT2D eigenvalue weighted by Gasteiger charge is 2.12. The van der Waals surface area contributed by atoms with E-state index in [0.29, 0.717) is 40.5 Å². The summed E-state index contributed by atoms with van der Waals surface area (Å²) < 4.78 is 6.99.